The minimum atomic E-state index is -1.02. The summed E-state index contributed by atoms with van der Waals surface area (Å²) in [6, 6.07) is 3.47. The largest absolute Gasteiger partial charge is 0.507 e. The zero-order valence-corrected chi connectivity index (χ0v) is 27.3. The number of nitrogens with one attached hydrogen (secondary N) is 2. The lowest BCUT2D eigenvalue weighted by Crippen LogP contribution is -2.54. The SMILES string of the molecule is CCCCCCCCN(C(=O)C(CC(C)C)NC(=O)OC(C)(C)C)C(C(=O)NC1CCCCC1)c1cccc(C)c1O. The van der Waals surface area contributed by atoms with Gasteiger partial charge in [-0.2, -0.15) is 0 Å². The molecule has 238 valence electrons. The van der Waals surface area contributed by atoms with Gasteiger partial charge in [-0.05, 0) is 64.9 Å². The molecule has 1 aromatic rings. The number of nitrogens with zero attached hydrogens (tertiary/aromatic N) is 1. The van der Waals surface area contributed by atoms with Crippen molar-refractivity contribution in [3.63, 3.8) is 0 Å². The number of aryl methyl sites for hydroxylation is 1. The number of phenols is 1. The minimum absolute atomic E-state index is 0.0163. The lowest BCUT2D eigenvalue weighted by atomic mass is 9.93. The quantitative estimate of drug-likeness (QED) is 0.186. The molecule has 3 N–H and O–H groups in total. The second-order valence-corrected chi connectivity index (χ2v) is 13.4. The van der Waals surface area contributed by atoms with E-state index >= 15 is 0 Å². The van der Waals surface area contributed by atoms with Crippen molar-refractivity contribution in [2.75, 3.05) is 6.54 Å². The van der Waals surface area contributed by atoms with Crippen LogP contribution in [0.5, 0.6) is 5.75 Å². The maximum Gasteiger partial charge on any atom is 0.408 e. The van der Waals surface area contributed by atoms with E-state index in [-0.39, 0.29) is 29.5 Å². The number of aromatic hydroxyl groups is 1. The van der Waals surface area contributed by atoms with Gasteiger partial charge in [-0.3, -0.25) is 9.59 Å². The lowest BCUT2D eigenvalue weighted by Gasteiger charge is -2.36. The predicted octanol–water partition coefficient (Wildman–Crippen LogP) is 7.32. The molecule has 8 heteroatoms. The lowest BCUT2D eigenvalue weighted by molar-refractivity contribution is -0.143. The van der Waals surface area contributed by atoms with E-state index in [0.29, 0.717) is 24.1 Å². The Kier molecular flexibility index (Phi) is 14.7. The molecule has 8 nitrogen and oxygen atoms in total. The normalized spacial score (nSPS) is 15.6. The summed E-state index contributed by atoms with van der Waals surface area (Å²) in [6.45, 7) is 13.6. The van der Waals surface area contributed by atoms with E-state index in [1.165, 1.54) is 6.42 Å². The highest BCUT2D eigenvalue weighted by molar-refractivity contribution is 5.92. The molecular weight excluding hydrogens is 530 g/mol. The summed E-state index contributed by atoms with van der Waals surface area (Å²) in [5.74, 6) is -0.510. The van der Waals surface area contributed by atoms with Crippen molar-refractivity contribution in [1.82, 2.24) is 15.5 Å². The van der Waals surface area contributed by atoms with Crippen LogP contribution in [0.4, 0.5) is 4.79 Å². The molecule has 2 atom stereocenters. The number of hydrogen-bond acceptors (Lipinski definition) is 5. The number of para-hydroxylation sites is 1. The van der Waals surface area contributed by atoms with Gasteiger partial charge in [0.1, 0.15) is 23.4 Å². The molecule has 2 rings (SSSR count). The van der Waals surface area contributed by atoms with E-state index in [9.17, 15) is 19.5 Å². The van der Waals surface area contributed by atoms with Crippen molar-refractivity contribution in [2.45, 2.75) is 149 Å². The highest BCUT2D eigenvalue weighted by Crippen LogP contribution is 2.33. The molecule has 1 aliphatic carbocycles. The smallest absolute Gasteiger partial charge is 0.408 e. The number of carbonyl (C=O) groups is 3. The first kappa shape index (κ1) is 35.4. The predicted molar refractivity (Wildman–Crippen MR) is 168 cm³/mol. The molecule has 2 unspecified atom stereocenters. The standard InChI is InChI=1S/C34H57N3O5/c1-8-9-10-11-12-16-22-37(32(40)28(23-24(2)3)36-33(41)42-34(5,6)7)29(27-21-17-18-25(4)30(27)38)31(39)35-26-19-14-13-15-20-26/h17-18,21,24,26,28-29,38H,8-16,19-20,22-23H2,1-7H3,(H,35,39)(H,36,41). The number of alkyl carbamates (subject to hydrolysis) is 1. The Morgan fingerprint density at radius 3 is 2.29 bits per heavy atom. The Balaban J connectivity index is 2.50. The van der Waals surface area contributed by atoms with Crippen LogP contribution in [0.1, 0.15) is 136 Å². The molecule has 1 saturated carbocycles. The average Bonchev–Trinajstić information content (AvgIpc) is 2.90. The van der Waals surface area contributed by atoms with Gasteiger partial charge in [-0.1, -0.05) is 90.3 Å². The highest BCUT2D eigenvalue weighted by atomic mass is 16.6. The molecule has 1 fully saturated rings. The molecule has 0 saturated heterocycles. The Morgan fingerprint density at radius 2 is 1.67 bits per heavy atom. The van der Waals surface area contributed by atoms with Crippen molar-refractivity contribution in [2.24, 2.45) is 5.92 Å². The second kappa shape index (κ2) is 17.4. The van der Waals surface area contributed by atoms with Crippen LogP contribution in [0.15, 0.2) is 18.2 Å². The topological polar surface area (TPSA) is 108 Å². The van der Waals surface area contributed by atoms with Crippen molar-refractivity contribution in [3.8, 4) is 5.75 Å². The zero-order chi connectivity index (χ0) is 31.3. The molecule has 0 aromatic heterocycles. The first-order valence-corrected chi connectivity index (χ1v) is 16.2. The molecule has 1 aromatic carbocycles. The average molecular weight is 588 g/mol. The van der Waals surface area contributed by atoms with E-state index in [0.717, 1.165) is 64.2 Å². The van der Waals surface area contributed by atoms with Crippen LogP contribution in [0.3, 0.4) is 0 Å². The van der Waals surface area contributed by atoms with E-state index in [1.54, 1.807) is 44.7 Å². The van der Waals surface area contributed by atoms with Gasteiger partial charge in [0.15, 0.2) is 0 Å². The number of rotatable bonds is 15. The van der Waals surface area contributed by atoms with Crippen LogP contribution < -0.4 is 10.6 Å². The van der Waals surface area contributed by atoms with Crippen molar-refractivity contribution >= 4 is 17.9 Å². The first-order chi connectivity index (χ1) is 19.8. The van der Waals surface area contributed by atoms with Crippen molar-refractivity contribution < 1.29 is 24.2 Å². The van der Waals surface area contributed by atoms with Gasteiger partial charge in [0.2, 0.25) is 11.8 Å². The first-order valence-electron chi connectivity index (χ1n) is 16.2. The third-order valence-corrected chi connectivity index (χ3v) is 7.81. The molecule has 3 amide bonds. The number of ether oxygens (including phenoxy) is 1. The van der Waals surface area contributed by atoms with Gasteiger partial charge < -0.3 is 25.4 Å². The third-order valence-electron chi connectivity index (χ3n) is 7.81. The molecule has 1 aliphatic rings. The van der Waals surface area contributed by atoms with Crippen LogP contribution in [0.2, 0.25) is 0 Å². The molecule has 0 bridgehead atoms. The molecule has 0 radical (unpaired) electrons. The Labute approximate surface area is 254 Å². The van der Waals surface area contributed by atoms with Crippen molar-refractivity contribution in [1.29, 1.82) is 0 Å². The minimum Gasteiger partial charge on any atom is -0.507 e. The summed E-state index contributed by atoms with van der Waals surface area (Å²) in [6.07, 6.45) is 10.9. The summed E-state index contributed by atoms with van der Waals surface area (Å²) < 4.78 is 5.50. The Hall–Kier alpha value is -2.77. The maximum absolute atomic E-state index is 14.4. The molecular formula is C34H57N3O5. The highest BCUT2D eigenvalue weighted by Gasteiger charge is 2.38. The third kappa shape index (κ3) is 11.8. The Morgan fingerprint density at radius 1 is 1.02 bits per heavy atom. The van der Waals surface area contributed by atoms with E-state index in [2.05, 4.69) is 17.6 Å². The Bertz CT molecular complexity index is 997. The number of unbranched alkanes of at least 4 members (excludes halogenated alkanes) is 5. The molecule has 0 heterocycles. The second-order valence-electron chi connectivity index (χ2n) is 13.4. The van der Waals surface area contributed by atoms with Crippen LogP contribution in [-0.4, -0.2) is 52.1 Å². The van der Waals surface area contributed by atoms with Crippen LogP contribution in [0.25, 0.3) is 0 Å². The monoisotopic (exact) mass is 587 g/mol. The number of amides is 3. The van der Waals surface area contributed by atoms with Gasteiger partial charge in [-0.15, -0.1) is 0 Å². The summed E-state index contributed by atoms with van der Waals surface area (Å²) in [4.78, 5) is 43.0. The molecule has 0 spiro atoms. The zero-order valence-electron chi connectivity index (χ0n) is 27.3. The molecule has 42 heavy (non-hydrogen) atoms. The van der Waals surface area contributed by atoms with E-state index in [4.69, 9.17) is 4.74 Å². The van der Waals surface area contributed by atoms with E-state index < -0.39 is 23.8 Å². The number of benzene rings is 1. The fourth-order valence-corrected chi connectivity index (χ4v) is 5.65. The van der Waals surface area contributed by atoms with Crippen LogP contribution in [-0.2, 0) is 14.3 Å². The van der Waals surface area contributed by atoms with Gasteiger partial charge in [0.25, 0.3) is 0 Å². The van der Waals surface area contributed by atoms with Gasteiger partial charge >= 0.3 is 6.09 Å². The summed E-state index contributed by atoms with van der Waals surface area (Å²) in [7, 11) is 0. The van der Waals surface area contributed by atoms with E-state index in [1.807, 2.05) is 19.9 Å². The molecule has 0 aliphatic heterocycles. The van der Waals surface area contributed by atoms with Crippen molar-refractivity contribution in [3.05, 3.63) is 29.3 Å². The van der Waals surface area contributed by atoms with Gasteiger partial charge in [0.05, 0.1) is 0 Å². The number of carbonyl (C=O) groups excluding carboxylic acids is 3. The summed E-state index contributed by atoms with van der Waals surface area (Å²) >= 11 is 0. The summed E-state index contributed by atoms with van der Waals surface area (Å²) in [5.41, 5.74) is 0.326. The fraction of sp³-hybridized carbons (Fsp3) is 0.735. The van der Waals surface area contributed by atoms with Crippen LogP contribution >= 0.6 is 0 Å². The van der Waals surface area contributed by atoms with Gasteiger partial charge in [-0.25, -0.2) is 4.79 Å². The fourth-order valence-electron chi connectivity index (χ4n) is 5.65. The summed E-state index contributed by atoms with van der Waals surface area (Å²) in [5, 5.41) is 17.2. The number of hydrogen-bond donors (Lipinski definition) is 3. The maximum atomic E-state index is 14.4. The van der Waals surface area contributed by atoms with Gasteiger partial charge in [0, 0.05) is 18.2 Å². The number of phenolic OH excluding ortho intramolecular Hbond substituents is 1. The van der Waals surface area contributed by atoms with Crippen LogP contribution in [0, 0.1) is 12.8 Å².